The fourth-order valence-corrected chi connectivity index (χ4v) is 1.23. The van der Waals surface area contributed by atoms with Crippen molar-refractivity contribution in [3.05, 3.63) is 29.6 Å². The molecule has 0 aliphatic carbocycles. The third-order valence-electron chi connectivity index (χ3n) is 2.26. The number of nitrogens with two attached hydrogens (primary N) is 1. The zero-order valence-corrected chi connectivity index (χ0v) is 10.3. The number of halogens is 1. The van der Waals surface area contributed by atoms with Crippen molar-refractivity contribution in [3.8, 4) is 0 Å². The van der Waals surface area contributed by atoms with Crippen LogP contribution in [0.15, 0.2) is 18.2 Å². The van der Waals surface area contributed by atoms with Crippen LogP contribution in [-0.4, -0.2) is 37.5 Å². The lowest BCUT2D eigenvalue weighted by Crippen LogP contribution is -2.23. The Morgan fingerprint density at radius 3 is 2.61 bits per heavy atom. The first-order valence-corrected chi connectivity index (χ1v) is 5.34. The van der Waals surface area contributed by atoms with Crippen molar-refractivity contribution in [2.24, 2.45) is 0 Å². The summed E-state index contributed by atoms with van der Waals surface area (Å²) in [4.78, 5) is 24.1. The minimum Gasteiger partial charge on any atom is -0.461 e. The standard InChI is InChI=1S/C12H15FN2O3/c1-15(2)11(16)5-6-18-12(17)9-4-3-8(14)7-10(9)13/h3-4,7H,5-6,14H2,1-2H3. The number of hydrogen-bond donors (Lipinski definition) is 1. The van der Waals surface area contributed by atoms with E-state index in [1.54, 1.807) is 14.1 Å². The van der Waals surface area contributed by atoms with E-state index in [0.29, 0.717) is 0 Å². The highest BCUT2D eigenvalue weighted by Crippen LogP contribution is 2.13. The van der Waals surface area contributed by atoms with E-state index in [1.165, 1.54) is 17.0 Å². The number of amides is 1. The van der Waals surface area contributed by atoms with Gasteiger partial charge in [-0.3, -0.25) is 4.79 Å². The van der Waals surface area contributed by atoms with E-state index < -0.39 is 11.8 Å². The lowest BCUT2D eigenvalue weighted by Gasteiger charge is -2.10. The maximum Gasteiger partial charge on any atom is 0.341 e. The predicted octanol–water partition coefficient (Wildman–Crippen LogP) is 1.04. The van der Waals surface area contributed by atoms with Gasteiger partial charge in [-0.05, 0) is 18.2 Å². The molecule has 6 heteroatoms. The van der Waals surface area contributed by atoms with Crippen LogP contribution in [0.1, 0.15) is 16.8 Å². The van der Waals surface area contributed by atoms with Crippen LogP contribution in [0.3, 0.4) is 0 Å². The summed E-state index contributed by atoms with van der Waals surface area (Å²) in [5.74, 6) is -1.71. The fraction of sp³-hybridized carbons (Fsp3) is 0.333. The SMILES string of the molecule is CN(C)C(=O)CCOC(=O)c1ccc(N)cc1F. The van der Waals surface area contributed by atoms with Gasteiger partial charge in [-0.15, -0.1) is 0 Å². The first-order valence-electron chi connectivity index (χ1n) is 5.34. The second kappa shape index (κ2) is 6.00. The second-order valence-corrected chi connectivity index (χ2v) is 3.91. The monoisotopic (exact) mass is 254 g/mol. The Hall–Kier alpha value is -2.11. The number of benzene rings is 1. The van der Waals surface area contributed by atoms with Gasteiger partial charge in [-0.25, -0.2) is 9.18 Å². The van der Waals surface area contributed by atoms with Crippen LogP contribution >= 0.6 is 0 Å². The van der Waals surface area contributed by atoms with Crippen molar-refractivity contribution < 1.29 is 18.7 Å². The molecule has 0 aliphatic rings. The normalized spacial score (nSPS) is 9.94. The van der Waals surface area contributed by atoms with Gasteiger partial charge in [-0.1, -0.05) is 0 Å². The Morgan fingerprint density at radius 2 is 2.06 bits per heavy atom. The van der Waals surface area contributed by atoms with E-state index in [4.69, 9.17) is 10.5 Å². The summed E-state index contributed by atoms with van der Waals surface area (Å²) in [5.41, 5.74) is 5.39. The third kappa shape index (κ3) is 3.73. The number of nitrogen functional groups attached to an aromatic ring is 1. The molecule has 1 aromatic rings. The average molecular weight is 254 g/mol. The van der Waals surface area contributed by atoms with Gasteiger partial charge >= 0.3 is 5.97 Å². The van der Waals surface area contributed by atoms with Gasteiger partial charge in [-0.2, -0.15) is 0 Å². The molecule has 0 atom stereocenters. The molecular weight excluding hydrogens is 239 g/mol. The summed E-state index contributed by atoms with van der Waals surface area (Å²) in [6.07, 6.45) is 0.0648. The number of rotatable bonds is 4. The Labute approximate surface area is 104 Å². The number of hydrogen-bond acceptors (Lipinski definition) is 4. The molecule has 0 fully saturated rings. The average Bonchev–Trinajstić information content (AvgIpc) is 2.28. The Kier molecular flexibility index (Phi) is 4.65. The zero-order valence-electron chi connectivity index (χ0n) is 10.3. The Bertz CT molecular complexity index is 461. The van der Waals surface area contributed by atoms with Gasteiger partial charge in [0.05, 0.1) is 12.0 Å². The number of nitrogens with zero attached hydrogens (tertiary/aromatic N) is 1. The molecule has 1 aromatic carbocycles. The van der Waals surface area contributed by atoms with Crippen molar-refractivity contribution in [1.29, 1.82) is 0 Å². The molecule has 0 radical (unpaired) electrons. The van der Waals surface area contributed by atoms with Gasteiger partial charge in [0.2, 0.25) is 5.91 Å². The van der Waals surface area contributed by atoms with Crippen LogP contribution in [0.4, 0.5) is 10.1 Å². The largest absolute Gasteiger partial charge is 0.461 e. The molecule has 0 aromatic heterocycles. The first kappa shape index (κ1) is 14.0. The summed E-state index contributed by atoms with van der Waals surface area (Å²) in [5, 5.41) is 0. The molecule has 1 rings (SSSR count). The highest BCUT2D eigenvalue weighted by molar-refractivity contribution is 5.90. The molecule has 0 saturated carbocycles. The predicted molar refractivity (Wildman–Crippen MR) is 64.4 cm³/mol. The van der Waals surface area contributed by atoms with Crippen LogP contribution in [0.25, 0.3) is 0 Å². The van der Waals surface area contributed by atoms with Crippen molar-refractivity contribution in [3.63, 3.8) is 0 Å². The molecular formula is C12H15FN2O3. The van der Waals surface area contributed by atoms with Gasteiger partial charge in [0, 0.05) is 19.8 Å². The Morgan fingerprint density at radius 1 is 1.39 bits per heavy atom. The van der Waals surface area contributed by atoms with Gasteiger partial charge in [0.1, 0.15) is 12.4 Å². The summed E-state index contributed by atoms with van der Waals surface area (Å²) >= 11 is 0. The summed E-state index contributed by atoms with van der Waals surface area (Å²) in [6.45, 7) is -0.0837. The number of anilines is 1. The molecule has 0 bridgehead atoms. The van der Waals surface area contributed by atoms with E-state index in [1.807, 2.05) is 0 Å². The van der Waals surface area contributed by atoms with Gasteiger partial charge < -0.3 is 15.4 Å². The van der Waals surface area contributed by atoms with Crippen LogP contribution in [-0.2, 0) is 9.53 Å². The molecule has 0 unspecified atom stereocenters. The molecule has 0 saturated heterocycles. The van der Waals surface area contributed by atoms with Crippen LogP contribution in [0.5, 0.6) is 0 Å². The fourth-order valence-electron chi connectivity index (χ4n) is 1.23. The number of ether oxygens (including phenoxy) is 1. The van der Waals surface area contributed by atoms with Gasteiger partial charge in [0.15, 0.2) is 0 Å². The zero-order chi connectivity index (χ0) is 13.7. The van der Waals surface area contributed by atoms with E-state index in [2.05, 4.69) is 0 Å². The highest BCUT2D eigenvalue weighted by Gasteiger charge is 2.14. The second-order valence-electron chi connectivity index (χ2n) is 3.91. The molecule has 5 nitrogen and oxygen atoms in total. The molecule has 0 heterocycles. The van der Waals surface area contributed by atoms with Crippen molar-refractivity contribution >= 4 is 17.6 Å². The smallest absolute Gasteiger partial charge is 0.341 e. The molecule has 0 aliphatic heterocycles. The van der Waals surface area contributed by atoms with Gasteiger partial charge in [0.25, 0.3) is 0 Å². The van der Waals surface area contributed by atoms with E-state index in [0.717, 1.165) is 6.07 Å². The molecule has 2 N–H and O–H groups in total. The molecule has 18 heavy (non-hydrogen) atoms. The van der Waals surface area contributed by atoms with Crippen LogP contribution in [0, 0.1) is 5.82 Å². The van der Waals surface area contributed by atoms with E-state index in [-0.39, 0.29) is 30.2 Å². The van der Waals surface area contributed by atoms with Crippen LogP contribution < -0.4 is 5.73 Å². The molecule has 98 valence electrons. The Balaban J connectivity index is 2.53. The number of carbonyl (C=O) groups excluding carboxylic acids is 2. The highest BCUT2D eigenvalue weighted by atomic mass is 19.1. The maximum atomic E-state index is 13.4. The summed E-state index contributed by atoms with van der Waals surface area (Å²) < 4.78 is 18.2. The summed E-state index contributed by atoms with van der Waals surface area (Å²) in [6, 6.07) is 3.70. The first-order chi connectivity index (χ1) is 8.41. The lowest BCUT2D eigenvalue weighted by molar-refractivity contribution is -0.129. The summed E-state index contributed by atoms with van der Waals surface area (Å²) in [7, 11) is 3.20. The minimum atomic E-state index is -0.806. The minimum absolute atomic E-state index is 0.0648. The topological polar surface area (TPSA) is 72.6 Å². The van der Waals surface area contributed by atoms with E-state index in [9.17, 15) is 14.0 Å². The third-order valence-corrected chi connectivity index (χ3v) is 2.26. The quantitative estimate of drug-likeness (QED) is 0.643. The number of esters is 1. The van der Waals surface area contributed by atoms with Crippen molar-refractivity contribution in [2.75, 3.05) is 26.4 Å². The number of carbonyl (C=O) groups is 2. The maximum absolute atomic E-state index is 13.4. The molecule has 1 amide bonds. The van der Waals surface area contributed by atoms with E-state index >= 15 is 0 Å². The lowest BCUT2D eigenvalue weighted by atomic mass is 10.2. The van der Waals surface area contributed by atoms with Crippen LogP contribution in [0.2, 0.25) is 0 Å². The van der Waals surface area contributed by atoms with Crippen molar-refractivity contribution in [1.82, 2.24) is 4.90 Å². The molecule has 0 spiro atoms. The van der Waals surface area contributed by atoms with Crippen molar-refractivity contribution in [2.45, 2.75) is 6.42 Å².